The number of benzene rings is 1. The van der Waals surface area contributed by atoms with Crippen LogP contribution in [0.2, 0.25) is 0 Å². The predicted octanol–water partition coefficient (Wildman–Crippen LogP) is 3.34. The topological polar surface area (TPSA) is 35.5 Å². The molecule has 3 nitrogen and oxygen atoms in total. The van der Waals surface area contributed by atoms with E-state index in [1.165, 1.54) is 5.56 Å². The van der Waals surface area contributed by atoms with Gasteiger partial charge in [0.05, 0.1) is 5.60 Å². The molecule has 0 fully saturated rings. The normalized spacial score (nSPS) is 13.3. The largest absolute Gasteiger partial charge is 0.389 e. The molecule has 0 bridgehead atoms. The maximum absolute atomic E-state index is 9.88. The summed E-state index contributed by atoms with van der Waals surface area (Å²) in [5.41, 5.74) is 1.80. The molecule has 1 aromatic carbocycles. The Morgan fingerprint density at radius 1 is 1.20 bits per heavy atom. The van der Waals surface area contributed by atoms with E-state index in [0.29, 0.717) is 12.6 Å². The molecule has 20 heavy (non-hydrogen) atoms. The van der Waals surface area contributed by atoms with Gasteiger partial charge in [-0.05, 0) is 50.9 Å². The summed E-state index contributed by atoms with van der Waals surface area (Å²) in [6.07, 6.45) is 2.25. The van der Waals surface area contributed by atoms with Crippen molar-refractivity contribution in [3.63, 3.8) is 0 Å². The molecule has 0 aromatic heterocycles. The first-order chi connectivity index (χ1) is 9.37. The molecule has 0 saturated carbocycles. The second-order valence-corrected chi connectivity index (χ2v) is 6.17. The lowest BCUT2D eigenvalue weighted by Gasteiger charge is -2.27. The van der Waals surface area contributed by atoms with Gasteiger partial charge >= 0.3 is 0 Å². The summed E-state index contributed by atoms with van der Waals surface area (Å²) < 4.78 is 0. The maximum atomic E-state index is 9.88. The van der Waals surface area contributed by atoms with Gasteiger partial charge in [-0.3, -0.25) is 0 Å². The van der Waals surface area contributed by atoms with Crippen molar-refractivity contribution in [1.82, 2.24) is 5.32 Å². The van der Waals surface area contributed by atoms with Gasteiger partial charge < -0.3 is 15.3 Å². The van der Waals surface area contributed by atoms with Gasteiger partial charge in [0.2, 0.25) is 0 Å². The molecule has 0 aliphatic carbocycles. The van der Waals surface area contributed by atoms with Gasteiger partial charge in [0.1, 0.15) is 0 Å². The second-order valence-electron chi connectivity index (χ2n) is 6.17. The fourth-order valence-electron chi connectivity index (χ4n) is 2.45. The zero-order chi connectivity index (χ0) is 15.2. The van der Waals surface area contributed by atoms with Crippen molar-refractivity contribution >= 4 is 5.69 Å². The molecule has 0 aliphatic rings. The third-order valence-corrected chi connectivity index (χ3v) is 3.41. The van der Waals surface area contributed by atoms with Crippen LogP contribution in [0, 0.1) is 0 Å². The Bertz CT molecular complexity index is 381. The Balaban J connectivity index is 2.72. The van der Waals surface area contributed by atoms with Crippen LogP contribution in [0.4, 0.5) is 5.69 Å². The molecule has 0 amide bonds. The average Bonchev–Trinajstić information content (AvgIpc) is 2.38. The summed E-state index contributed by atoms with van der Waals surface area (Å²) in [7, 11) is 2.01. The molecule has 1 atom stereocenters. The van der Waals surface area contributed by atoms with Crippen LogP contribution in [0.5, 0.6) is 0 Å². The van der Waals surface area contributed by atoms with Crippen LogP contribution in [0.25, 0.3) is 0 Å². The first-order valence-electron chi connectivity index (χ1n) is 7.64. The lowest BCUT2D eigenvalue weighted by molar-refractivity contribution is 0.0886. The standard InChI is InChI=1S/C17H30N2O/c1-6-12-18-16(7-2)14-8-10-15(11-9-14)19(5)13-17(3,4)20/h8-11,16,18,20H,6-7,12-13H2,1-5H3. The molecular formula is C17H30N2O. The van der Waals surface area contributed by atoms with Crippen molar-refractivity contribution in [2.45, 2.75) is 52.2 Å². The molecule has 0 heterocycles. The highest BCUT2D eigenvalue weighted by molar-refractivity contribution is 5.47. The number of nitrogens with zero attached hydrogens (tertiary/aromatic N) is 1. The monoisotopic (exact) mass is 278 g/mol. The summed E-state index contributed by atoms with van der Waals surface area (Å²) in [4.78, 5) is 2.09. The minimum Gasteiger partial charge on any atom is -0.389 e. The molecule has 0 radical (unpaired) electrons. The van der Waals surface area contributed by atoms with Crippen LogP contribution in [-0.2, 0) is 0 Å². The number of hydrogen-bond donors (Lipinski definition) is 2. The lowest BCUT2D eigenvalue weighted by Crippen LogP contribution is -2.36. The first kappa shape index (κ1) is 17.0. The predicted molar refractivity (Wildman–Crippen MR) is 87.3 cm³/mol. The summed E-state index contributed by atoms with van der Waals surface area (Å²) in [6, 6.07) is 9.08. The summed E-state index contributed by atoms with van der Waals surface area (Å²) in [5, 5.41) is 13.4. The van der Waals surface area contributed by atoms with E-state index in [9.17, 15) is 5.11 Å². The molecule has 2 N–H and O–H groups in total. The highest BCUT2D eigenvalue weighted by atomic mass is 16.3. The highest BCUT2D eigenvalue weighted by Crippen LogP contribution is 2.21. The number of rotatable bonds is 8. The molecule has 1 aromatic rings. The van der Waals surface area contributed by atoms with Crippen molar-refractivity contribution in [3.8, 4) is 0 Å². The number of nitrogens with one attached hydrogen (secondary N) is 1. The lowest BCUT2D eigenvalue weighted by atomic mass is 10.0. The van der Waals surface area contributed by atoms with Crippen molar-refractivity contribution in [2.75, 3.05) is 25.0 Å². The molecular weight excluding hydrogens is 248 g/mol. The highest BCUT2D eigenvalue weighted by Gasteiger charge is 2.16. The van der Waals surface area contributed by atoms with Crippen LogP contribution in [0.1, 0.15) is 52.1 Å². The van der Waals surface area contributed by atoms with Gasteiger partial charge in [-0.1, -0.05) is 26.0 Å². The number of aliphatic hydroxyl groups is 1. The van der Waals surface area contributed by atoms with Crippen molar-refractivity contribution < 1.29 is 5.11 Å². The van der Waals surface area contributed by atoms with Crippen LogP contribution < -0.4 is 10.2 Å². The SMILES string of the molecule is CCCNC(CC)c1ccc(N(C)CC(C)(C)O)cc1. The van der Waals surface area contributed by atoms with Crippen LogP contribution in [0.15, 0.2) is 24.3 Å². The smallest absolute Gasteiger partial charge is 0.0765 e. The zero-order valence-corrected chi connectivity index (χ0v) is 13.6. The summed E-state index contributed by atoms with van der Waals surface area (Å²) in [5.74, 6) is 0. The molecule has 1 unspecified atom stereocenters. The zero-order valence-electron chi connectivity index (χ0n) is 13.6. The van der Waals surface area contributed by atoms with Crippen LogP contribution in [-0.4, -0.2) is 30.8 Å². The Morgan fingerprint density at radius 2 is 1.80 bits per heavy atom. The van der Waals surface area contributed by atoms with Gasteiger partial charge in [-0.25, -0.2) is 0 Å². The third-order valence-electron chi connectivity index (χ3n) is 3.41. The fourth-order valence-corrected chi connectivity index (χ4v) is 2.45. The van der Waals surface area contributed by atoms with Gasteiger partial charge in [0.25, 0.3) is 0 Å². The van der Waals surface area contributed by atoms with E-state index in [1.54, 1.807) is 0 Å². The average molecular weight is 278 g/mol. The maximum Gasteiger partial charge on any atom is 0.0765 e. The minimum atomic E-state index is -0.679. The van der Waals surface area contributed by atoms with E-state index in [4.69, 9.17) is 0 Å². The van der Waals surface area contributed by atoms with Gasteiger partial charge in [0.15, 0.2) is 0 Å². The Labute approximate surface area is 124 Å². The van der Waals surface area contributed by atoms with E-state index >= 15 is 0 Å². The molecule has 114 valence electrons. The van der Waals surface area contributed by atoms with E-state index in [0.717, 1.165) is 25.1 Å². The van der Waals surface area contributed by atoms with Gasteiger partial charge in [-0.15, -0.1) is 0 Å². The van der Waals surface area contributed by atoms with Crippen LogP contribution in [0.3, 0.4) is 0 Å². The minimum absolute atomic E-state index is 0.434. The van der Waals surface area contributed by atoms with E-state index in [1.807, 2.05) is 20.9 Å². The Morgan fingerprint density at radius 3 is 2.25 bits per heavy atom. The van der Waals surface area contributed by atoms with E-state index in [-0.39, 0.29) is 0 Å². The van der Waals surface area contributed by atoms with Crippen molar-refractivity contribution in [3.05, 3.63) is 29.8 Å². The molecule has 0 aliphatic heterocycles. The Kier molecular flexibility index (Phi) is 6.50. The number of likely N-dealkylation sites (N-methyl/N-ethyl adjacent to an activating group) is 1. The molecule has 1 rings (SSSR count). The third kappa shape index (κ3) is 5.51. The van der Waals surface area contributed by atoms with Crippen molar-refractivity contribution in [1.29, 1.82) is 0 Å². The Hall–Kier alpha value is -1.06. The molecule has 0 saturated heterocycles. The molecule has 0 spiro atoms. The van der Waals surface area contributed by atoms with E-state index in [2.05, 4.69) is 48.3 Å². The second kappa shape index (κ2) is 7.65. The fraction of sp³-hybridized carbons (Fsp3) is 0.647. The summed E-state index contributed by atoms with van der Waals surface area (Å²) in [6.45, 7) is 9.74. The molecule has 3 heteroatoms. The first-order valence-corrected chi connectivity index (χ1v) is 7.64. The van der Waals surface area contributed by atoms with Crippen LogP contribution >= 0.6 is 0 Å². The van der Waals surface area contributed by atoms with Crippen molar-refractivity contribution in [2.24, 2.45) is 0 Å². The number of hydrogen-bond acceptors (Lipinski definition) is 3. The quantitative estimate of drug-likeness (QED) is 0.765. The summed E-state index contributed by atoms with van der Waals surface area (Å²) >= 11 is 0. The number of anilines is 1. The van der Waals surface area contributed by atoms with E-state index < -0.39 is 5.60 Å². The van der Waals surface area contributed by atoms with Gasteiger partial charge in [0, 0.05) is 25.3 Å². The van der Waals surface area contributed by atoms with Gasteiger partial charge in [-0.2, -0.15) is 0 Å².